The summed E-state index contributed by atoms with van der Waals surface area (Å²) in [6.07, 6.45) is 5.39. The van der Waals surface area contributed by atoms with Crippen molar-refractivity contribution in [2.75, 3.05) is 33.3 Å². The minimum absolute atomic E-state index is 0.124. The number of benzene rings is 1. The average Bonchev–Trinajstić information content (AvgIpc) is 2.97. The van der Waals surface area contributed by atoms with Gasteiger partial charge >= 0.3 is 0 Å². The number of methoxy groups -OCH3 is 1. The van der Waals surface area contributed by atoms with E-state index in [0.717, 1.165) is 44.8 Å². The molecular formula is C19H27FN2O4S. The molecule has 1 aromatic carbocycles. The predicted octanol–water partition coefficient (Wildman–Crippen LogP) is 2.64. The van der Waals surface area contributed by atoms with Gasteiger partial charge in [0.05, 0.1) is 7.11 Å². The Hall–Kier alpha value is -1.67. The van der Waals surface area contributed by atoms with E-state index in [1.165, 1.54) is 23.5 Å². The molecule has 0 bridgehead atoms. The molecule has 6 nitrogen and oxygen atoms in total. The van der Waals surface area contributed by atoms with Gasteiger partial charge in [0.1, 0.15) is 16.5 Å². The van der Waals surface area contributed by atoms with E-state index in [1.54, 1.807) is 0 Å². The lowest BCUT2D eigenvalue weighted by molar-refractivity contribution is -0.136. The molecular weight excluding hydrogens is 371 g/mol. The standard InChI is InChI=1S/C19H27FN2O4S/c1-26-17-7-6-16(20)14-18(17)27(24,25)22-12-8-15(9-13-22)19(23)21-10-4-2-3-5-11-21/h6-7,14-15H,2-5,8-13H2,1H3. The first-order valence-electron chi connectivity index (χ1n) is 9.56. The zero-order chi connectivity index (χ0) is 19.4. The van der Waals surface area contributed by atoms with Gasteiger partial charge in [-0.15, -0.1) is 0 Å². The van der Waals surface area contributed by atoms with Crippen molar-refractivity contribution < 1.29 is 22.3 Å². The van der Waals surface area contributed by atoms with Crippen LogP contribution in [-0.4, -0.2) is 56.8 Å². The molecule has 0 radical (unpaired) electrons. The second-order valence-electron chi connectivity index (χ2n) is 7.21. The van der Waals surface area contributed by atoms with Crippen LogP contribution in [0.2, 0.25) is 0 Å². The Morgan fingerprint density at radius 3 is 2.30 bits per heavy atom. The minimum Gasteiger partial charge on any atom is -0.495 e. The van der Waals surface area contributed by atoms with Crippen molar-refractivity contribution in [3.63, 3.8) is 0 Å². The number of carbonyl (C=O) groups is 1. The van der Waals surface area contributed by atoms with Crippen LogP contribution >= 0.6 is 0 Å². The minimum atomic E-state index is -3.86. The maximum atomic E-state index is 13.6. The molecule has 0 N–H and O–H groups in total. The normalized spacial score (nSPS) is 20.3. The van der Waals surface area contributed by atoms with Gasteiger partial charge in [-0.1, -0.05) is 12.8 Å². The van der Waals surface area contributed by atoms with Gasteiger partial charge in [-0.25, -0.2) is 12.8 Å². The average molecular weight is 399 g/mol. The molecule has 0 aromatic heterocycles. The summed E-state index contributed by atoms with van der Waals surface area (Å²) < 4.78 is 45.9. The molecule has 27 heavy (non-hydrogen) atoms. The molecule has 1 aromatic rings. The lowest BCUT2D eigenvalue weighted by Gasteiger charge is -2.33. The van der Waals surface area contributed by atoms with Crippen molar-refractivity contribution in [3.8, 4) is 5.75 Å². The summed E-state index contributed by atoms with van der Waals surface area (Å²) in [5.74, 6) is -0.485. The smallest absolute Gasteiger partial charge is 0.246 e. The second-order valence-corrected chi connectivity index (χ2v) is 9.12. The Morgan fingerprint density at radius 2 is 1.70 bits per heavy atom. The Morgan fingerprint density at radius 1 is 1.07 bits per heavy atom. The zero-order valence-corrected chi connectivity index (χ0v) is 16.5. The molecule has 0 aliphatic carbocycles. The van der Waals surface area contributed by atoms with Gasteiger partial charge in [-0.2, -0.15) is 4.31 Å². The number of piperidine rings is 1. The first kappa shape index (κ1) is 20.1. The van der Waals surface area contributed by atoms with Crippen molar-refractivity contribution in [2.45, 2.75) is 43.4 Å². The number of rotatable bonds is 4. The molecule has 1 amide bonds. The van der Waals surface area contributed by atoms with Crippen LogP contribution in [0.5, 0.6) is 5.75 Å². The van der Waals surface area contributed by atoms with Crippen molar-refractivity contribution in [1.29, 1.82) is 0 Å². The zero-order valence-electron chi connectivity index (χ0n) is 15.7. The summed E-state index contributed by atoms with van der Waals surface area (Å²) in [5, 5.41) is 0. The van der Waals surface area contributed by atoms with Crippen LogP contribution in [0.3, 0.4) is 0 Å². The van der Waals surface area contributed by atoms with E-state index in [9.17, 15) is 17.6 Å². The summed E-state index contributed by atoms with van der Waals surface area (Å²) in [7, 11) is -2.50. The molecule has 2 aliphatic heterocycles. The molecule has 2 aliphatic rings. The van der Waals surface area contributed by atoms with E-state index in [-0.39, 0.29) is 35.6 Å². The Kier molecular flexibility index (Phi) is 6.37. The third-order valence-corrected chi connectivity index (χ3v) is 7.38. The Balaban J connectivity index is 1.68. The second kappa shape index (κ2) is 8.56. The third kappa shape index (κ3) is 4.43. The molecule has 3 rings (SSSR count). The fourth-order valence-electron chi connectivity index (χ4n) is 3.88. The number of amides is 1. The number of sulfonamides is 1. The van der Waals surface area contributed by atoms with Crippen molar-refractivity contribution in [2.24, 2.45) is 5.92 Å². The molecule has 2 saturated heterocycles. The summed E-state index contributed by atoms with van der Waals surface area (Å²) in [6.45, 7) is 2.12. The summed E-state index contributed by atoms with van der Waals surface area (Å²) >= 11 is 0. The van der Waals surface area contributed by atoms with Crippen LogP contribution in [-0.2, 0) is 14.8 Å². The highest BCUT2D eigenvalue weighted by Gasteiger charge is 2.35. The highest BCUT2D eigenvalue weighted by molar-refractivity contribution is 7.89. The van der Waals surface area contributed by atoms with Gasteiger partial charge in [0, 0.05) is 32.1 Å². The number of ether oxygens (including phenoxy) is 1. The Labute approximate surface area is 160 Å². The van der Waals surface area contributed by atoms with Gasteiger partial charge < -0.3 is 9.64 Å². The van der Waals surface area contributed by atoms with Crippen molar-refractivity contribution in [3.05, 3.63) is 24.0 Å². The summed E-state index contributed by atoms with van der Waals surface area (Å²) in [5.41, 5.74) is 0. The maximum Gasteiger partial charge on any atom is 0.246 e. The molecule has 0 spiro atoms. The molecule has 8 heteroatoms. The molecule has 0 saturated carbocycles. The third-order valence-electron chi connectivity index (χ3n) is 5.46. The predicted molar refractivity (Wildman–Crippen MR) is 99.5 cm³/mol. The molecule has 2 heterocycles. The summed E-state index contributed by atoms with van der Waals surface area (Å²) in [4.78, 5) is 14.5. The van der Waals surface area contributed by atoms with Crippen LogP contribution in [0.15, 0.2) is 23.1 Å². The van der Waals surface area contributed by atoms with E-state index >= 15 is 0 Å². The van der Waals surface area contributed by atoms with Gasteiger partial charge in [0.25, 0.3) is 0 Å². The number of halogens is 1. The highest BCUT2D eigenvalue weighted by Crippen LogP contribution is 2.31. The van der Waals surface area contributed by atoms with Crippen LogP contribution < -0.4 is 4.74 Å². The van der Waals surface area contributed by atoms with Gasteiger partial charge in [-0.3, -0.25) is 4.79 Å². The van der Waals surface area contributed by atoms with E-state index in [0.29, 0.717) is 12.8 Å². The molecule has 0 unspecified atom stereocenters. The number of hydrogen-bond acceptors (Lipinski definition) is 4. The first-order chi connectivity index (χ1) is 12.9. The van der Waals surface area contributed by atoms with Crippen LogP contribution in [0.25, 0.3) is 0 Å². The van der Waals surface area contributed by atoms with E-state index < -0.39 is 15.8 Å². The highest BCUT2D eigenvalue weighted by atomic mass is 32.2. The van der Waals surface area contributed by atoms with E-state index in [1.807, 2.05) is 4.90 Å². The number of nitrogens with zero attached hydrogens (tertiary/aromatic N) is 2. The largest absolute Gasteiger partial charge is 0.495 e. The monoisotopic (exact) mass is 398 g/mol. The van der Waals surface area contributed by atoms with E-state index in [4.69, 9.17) is 4.74 Å². The number of hydrogen-bond donors (Lipinski definition) is 0. The quantitative estimate of drug-likeness (QED) is 0.782. The maximum absolute atomic E-state index is 13.6. The Bertz CT molecular complexity index is 768. The SMILES string of the molecule is COc1ccc(F)cc1S(=O)(=O)N1CCC(C(=O)N2CCCCCC2)CC1. The fraction of sp³-hybridized carbons (Fsp3) is 0.632. The van der Waals surface area contributed by atoms with E-state index in [2.05, 4.69) is 0 Å². The van der Waals surface area contributed by atoms with Crippen molar-refractivity contribution >= 4 is 15.9 Å². The number of likely N-dealkylation sites (tertiary alicyclic amines) is 1. The van der Waals surface area contributed by atoms with Crippen molar-refractivity contribution in [1.82, 2.24) is 9.21 Å². The van der Waals surface area contributed by atoms with Crippen LogP contribution in [0.1, 0.15) is 38.5 Å². The topological polar surface area (TPSA) is 66.9 Å². The van der Waals surface area contributed by atoms with Crippen LogP contribution in [0.4, 0.5) is 4.39 Å². The first-order valence-corrected chi connectivity index (χ1v) is 11.0. The fourth-order valence-corrected chi connectivity index (χ4v) is 5.52. The van der Waals surface area contributed by atoms with Gasteiger partial charge in [-0.05, 0) is 43.9 Å². The molecule has 150 valence electrons. The lowest BCUT2D eigenvalue weighted by Crippen LogP contribution is -2.44. The number of carbonyl (C=O) groups excluding carboxylic acids is 1. The summed E-state index contributed by atoms with van der Waals surface area (Å²) in [6, 6.07) is 3.48. The van der Waals surface area contributed by atoms with Gasteiger partial charge in [0.15, 0.2) is 0 Å². The van der Waals surface area contributed by atoms with Gasteiger partial charge in [0.2, 0.25) is 15.9 Å². The molecule has 0 atom stereocenters. The van der Waals surface area contributed by atoms with Crippen LogP contribution in [0, 0.1) is 11.7 Å². The molecule has 2 fully saturated rings. The lowest BCUT2D eigenvalue weighted by atomic mass is 9.96.